The maximum absolute atomic E-state index is 10.6. The molecule has 0 heterocycles. The number of hydrogen-bond donors (Lipinski definition) is 2. The summed E-state index contributed by atoms with van der Waals surface area (Å²) in [4.78, 5) is 10.6. The first-order chi connectivity index (χ1) is 5.57. The van der Waals surface area contributed by atoms with Crippen LogP contribution in [-0.2, 0) is 4.79 Å². The normalized spacial score (nSPS) is 11.8. The maximum Gasteiger partial charge on any atom is 0.234 e. The zero-order chi connectivity index (χ0) is 10.1. The predicted octanol–water partition coefficient (Wildman–Crippen LogP) is 1.27. The Morgan fingerprint density at radius 1 is 1.42 bits per heavy atom. The SMILES string of the molecule is CC.CCC(NC(C)C)C(N)=O. The molecule has 0 rings (SSSR count). The molecular formula is C9H22N2O. The number of primary amides is 1. The molecule has 0 spiro atoms. The first kappa shape index (κ1) is 14.0. The summed E-state index contributed by atoms with van der Waals surface area (Å²) < 4.78 is 0. The van der Waals surface area contributed by atoms with Gasteiger partial charge in [0, 0.05) is 6.04 Å². The highest BCUT2D eigenvalue weighted by Gasteiger charge is 2.12. The number of amides is 1. The van der Waals surface area contributed by atoms with Gasteiger partial charge in [-0.2, -0.15) is 0 Å². The molecule has 0 aromatic rings. The van der Waals surface area contributed by atoms with Crippen molar-refractivity contribution in [2.45, 2.75) is 53.1 Å². The number of nitrogens with one attached hydrogen (secondary N) is 1. The first-order valence-electron chi connectivity index (χ1n) is 4.63. The minimum atomic E-state index is -0.267. The summed E-state index contributed by atoms with van der Waals surface area (Å²) in [5, 5.41) is 3.05. The van der Waals surface area contributed by atoms with E-state index in [1.165, 1.54) is 0 Å². The minimum Gasteiger partial charge on any atom is -0.368 e. The van der Waals surface area contributed by atoms with E-state index in [2.05, 4.69) is 5.32 Å². The molecule has 12 heavy (non-hydrogen) atoms. The number of carbonyl (C=O) groups is 1. The van der Waals surface area contributed by atoms with Crippen LogP contribution in [0.15, 0.2) is 0 Å². The molecule has 3 nitrogen and oxygen atoms in total. The van der Waals surface area contributed by atoms with Crippen LogP contribution >= 0.6 is 0 Å². The van der Waals surface area contributed by atoms with Gasteiger partial charge >= 0.3 is 0 Å². The lowest BCUT2D eigenvalue weighted by atomic mass is 10.2. The lowest BCUT2D eigenvalue weighted by molar-refractivity contribution is -0.120. The summed E-state index contributed by atoms with van der Waals surface area (Å²) in [6.45, 7) is 9.92. The zero-order valence-electron chi connectivity index (χ0n) is 8.85. The van der Waals surface area contributed by atoms with Crippen molar-refractivity contribution >= 4 is 5.91 Å². The van der Waals surface area contributed by atoms with Gasteiger partial charge in [-0.15, -0.1) is 0 Å². The summed E-state index contributed by atoms with van der Waals surface area (Å²) in [7, 11) is 0. The van der Waals surface area contributed by atoms with Crippen LogP contribution in [0.2, 0.25) is 0 Å². The van der Waals surface area contributed by atoms with Crippen molar-refractivity contribution < 1.29 is 4.79 Å². The quantitative estimate of drug-likeness (QED) is 0.674. The Morgan fingerprint density at radius 3 is 1.92 bits per heavy atom. The molecule has 0 radical (unpaired) electrons. The lowest BCUT2D eigenvalue weighted by Crippen LogP contribution is -2.43. The summed E-state index contributed by atoms with van der Waals surface area (Å²) >= 11 is 0. The standard InChI is InChI=1S/C7H16N2O.C2H6/c1-4-6(7(8)10)9-5(2)3;1-2/h5-6,9H,4H2,1-3H3,(H2,8,10);1-2H3. The fourth-order valence-corrected chi connectivity index (χ4v) is 0.804. The Labute approximate surface area is 75.7 Å². The molecule has 74 valence electrons. The second kappa shape index (κ2) is 8.53. The van der Waals surface area contributed by atoms with Gasteiger partial charge in [-0.25, -0.2) is 0 Å². The molecular weight excluding hydrogens is 152 g/mol. The summed E-state index contributed by atoms with van der Waals surface area (Å²) in [5.41, 5.74) is 5.09. The Hall–Kier alpha value is -0.570. The summed E-state index contributed by atoms with van der Waals surface area (Å²) in [6, 6.07) is 0.150. The molecule has 0 aliphatic rings. The monoisotopic (exact) mass is 174 g/mol. The van der Waals surface area contributed by atoms with E-state index in [4.69, 9.17) is 5.73 Å². The van der Waals surface area contributed by atoms with Gasteiger partial charge in [0.1, 0.15) is 0 Å². The molecule has 0 saturated carbocycles. The predicted molar refractivity (Wildman–Crippen MR) is 52.9 cm³/mol. The van der Waals surface area contributed by atoms with Crippen LogP contribution in [0.5, 0.6) is 0 Å². The van der Waals surface area contributed by atoms with E-state index in [0.717, 1.165) is 6.42 Å². The highest BCUT2D eigenvalue weighted by Crippen LogP contribution is 1.91. The van der Waals surface area contributed by atoms with E-state index in [0.29, 0.717) is 6.04 Å². The van der Waals surface area contributed by atoms with E-state index in [-0.39, 0.29) is 11.9 Å². The Balaban J connectivity index is 0. The van der Waals surface area contributed by atoms with Gasteiger partial charge in [-0.1, -0.05) is 34.6 Å². The molecule has 0 bridgehead atoms. The van der Waals surface area contributed by atoms with Crippen LogP contribution in [0.25, 0.3) is 0 Å². The molecule has 0 aliphatic carbocycles. The molecule has 1 unspecified atom stereocenters. The highest BCUT2D eigenvalue weighted by atomic mass is 16.1. The second-order valence-corrected chi connectivity index (χ2v) is 2.68. The van der Waals surface area contributed by atoms with Gasteiger partial charge in [0.25, 0.3) is 0 Å². The third kappa shape index (κ3) is 7.54. The molecule has 1 amide bonds. The number of nitrogens with two attached hydrogens (primary N) is 1. The van der Waals surface area contributed by atoms with Crippen molar-refractivity contribution in [3.63, 3.8) is 0 Å². The van der Waals surface area contributed by atoms with Crippen molar-refractivity contribution in [1.82, 2.24) is 5.32 Å². The van der Waals surface area contributed by atoms with Gasteiger partial charge < -0.3 is 11.1 Å². The van der Waals surface area contributed by atoms with Crippen molar-refractivity contribution in [1.29, 1.82) is 0 Å². The van der Waals surface area contributed by atoms with E-state index in [1.807, 2.05) is 34.6 Å². The molecule has 0 saturated heterocycles. The molecule has 0 aromatic heterocycles. The molecule has 0 aliphatic heterocycles. The molecule has 0 fully saturated rings. The van der Waals surface area contributed by atoms with Crippen molar-refractivity contribution in [2.24, 2.45) is 5.73 Å². The lowest BCUT2D eigenvalue weighted by Gasteiger charge is -2.15. The third-order valence-electron chi connectivity index (χ3n) is 1.29. The largest absolute Gasteiger partial charge is 0.368 e. The van der Waals surface area contributed by atoms with Gasteiger partial charge in [-0.05, 0) is 6.42 Å². The third-order valence-corrected chi connectivity index (χ3v) is 1.29. The van der Waals surface area contributed by atoms with Gasteiger partial charge in [-0.3, -0.25) is 4.79 Å². The van der Waals surface area contributed by atoms with Crippen LogP contribution in [0, 0.1) is 0 Å². The fraction of sp³-hybridized carbons (Fsp3) is 0.889. The maximum atomic E-state index is 10.6. The van der Waals surface area contributed by atoms with Crippen LogP contribution in [0.3, 0.4) is 0 Å². The second-order valence-electron chi connectivity index (χ2n) is 2.68. The average Bonchev–Trinajstić information content (AvgIpc) is 2.03. The van der Waals surface area contributed by atoms with E-state index < -0.39 is 0 Å². The number of carbonyl (C=O) groups excluding carboxylic acids is 1. The topological polar surface area (TPSA) is 55.1 Å². The van der Waals surface area contributed by atoms with E-state index in [9.17, 15) is 4.79 Å². The van der Waals surface area contributed by atoms with Gasteiger partial charge in [0.2, 0.25) is 5.91 Å². The summed E-state index contributed by atoms with van der Waals surface area (Å²) in [6.07, 6.45) is 0.757. The average molecular weight is 174 g/mol. The Morgan fingerprint density at radius 2 is 1.83 bits per heavy atom. The van der Waals surface area contributed by atoms with Gasteiger partial charge in [0.15, 0.2) is 0 Å². The fourth-order valence-electron chi connectivity index (χ4n) is 0.804. The summed E-state index contributed by atoms with van der Waals surface area (Å²) in [5.74, 6) is -0.267. The van der Waals surface area contributed by atoms with Gasteiger partial charge in [0.05, 0.1) is 6.04 Å². The highest BCUT2D eigenvalue weighted by molar-refractivity contribution is 5.79. The van der Waals surface area contributed by atoms with Crippen molar-refractivity contribution in [3.8, 4) is 0 Å². The number of hydrogen-bond acceptors (Lipinski definition) is 2. The van der Waals surface area contributed by atoms with E-state index >= 15 is 0 Å². The van der Waals surface area contributed by atoms with Crippen LogP contribution in [0.4, 0.5) is 0 Å². The van der Waals surface area contributed by atoms with Crippen LogP contribution in [0.1, 0.15) is 41.0 Å². The van der Waals surface area contributed by atoms with Crippen molar-refractivity contribution in [3.05, 3.63) is 0 Å². The zero-order valence-corrected chi connectivity index (χ0v) is 8.85. The smallest absolute Gasteiger partial charge is 0.234 e. The molecule has 0 aromatic carbocycles. The Bertz CT molecular complexity index is 113. The number of rotatable bonds is 4. The van der Waals surface area contributed by atoms with E-state index in [1.54, 1.807) is 0 Å². The van der Waals surface area contributed by atoms with Crippen LogP contribution < -0.4 is 11.1 Å². The first-order valence-corrected chi connectivity index (χ1v) is 4.63. The minimum absolute atomic E-state index is 0.167. The molecule has 1 atom stereocenters. The molecule has 3 heteroatoms. The van der Waals surface area contributed by atoms with Crippen LogP contribution in [-0.4, -0.2) is 18.0 Å². The van der Waals surface area contributed by atoms with Crippen molar-refractivity contribution in [2.75, 3.05) is 0 Å². The Kier molecular flexibility index (Phi) is 9.93. The molecule has 3 N–H and O–H groups in total.